The molecule has 0 aliphatic carbocycles. The molecule has 1 aromatic carbocycles. The maximum atomic E-state index is 5.75. The van der Waals surface area contributed by atoms with E-state index in [-0.39, 0.29) is 0 Å². The summed E-state index contributed by atoms with van der Waals surface area (Å²) in [4.78, 5) is 4.39. The first-order valence-corrected chi connectivity index (χ1v) is 5.90. The molecule has 94 valence electrons. The molecular weight excluding hydrogens is 230 g/mol. The van der Waals surface area contributed by atoms with E-state index in [2.05, 4.69) is 4.98 Å². The summed E-state index contributed by atoms with van der Waals surface area (Å²) in [5.74, 6) is 1.56. The van der Waals surface area contributed by atoms with Crippen molar-refractivity contribution < 1.29 is 9.47 Å². The number of hydrogen-bond donors (Lipinski definition) is 1. The fraction of sp³-hybridized carbons (Fsp3) is 0.308. The summed E-state index contributed by atoms with van der Waals surface area (Å²) in [6.45, 7) is 1.65. The highest BCUT2D eigenvalue weighted by Gasteiger charge is 2.15. The van der Waals surface area contributed by atoms with Crippen LogP contribution < -0.4 is 15.2 Å². The number of nitrogens with zero attached hydrogens (tertiary/aromatic N) is 2. The van der Waals surface area contributed by atoms with Gasteiger partial charge in [0.2, 0.25) is 0 Å². The number of rotatable bonds is 2. The fourth-order valence-electron chi connectivity index (χ4n) is 2.13. The highest BCUT2D eigenvalue weighted by molar-refractivity contribution is 5.66. The summed E-state index contributed by atoms with van der Waals surface area (Å²) in [6, 6.07) is 5.85. The van der Waals surface area contributed by atoms with E-state index in [0.717, 1.165) is 28.5 Å². The number of benzene rings is 1. The van der Waals surface area contributed by atoms with Gasteiger partial charge in [-0.05, 0) is 18.2 Å². The molecule has 0 spiro atoms. The monoisotopic (exact) mass is 245 g/mol. The third-order valence-electron chi connectivity index (χ3n) is 3.07. The van der Waals surface area contributed by atoms with Gasteiger partial charge in [-0.3, -0.25) is 0 Å². The van der Waals surface area contributed by atoms with Crippen molar-refractivity contribution >= 4 is 0 Å². The molecule has 2 heterocycles. The van der Waals surface area contributed by atoms with Gasteiger partial charge in [0.05, 0.1) is 17.7 Å². The Hall–Kier alpha value is -2.01. The minimum atomic E-state index is 0.459. The van der Waals surface area contributed by atoms with E-state index < -0.39 is 0 Å². The second kappa shape index (κ2) is 4.34. The predicted molar refractivity (Wildman–Crippen MR) is 67.5 cm³/mol. The third-order valence-corrected chi connectivity index (χ3v) is 3.07. The first-order valence-electron chi connectivity index (χ1n) is 5.90. The second-order valence-corrected chi connectivity index (χ2v) is 4.21. The van der Waals surface area contributed by atoms with Gasteiger partial charge in [-0.15, -0.1) is 0 Å². The van der Waals surface area contributed by atoms with E-state index in [1.54, 1.807) is 6.33 Å². The van der Waals surface area contributed by atoms with Crippen LogP contribution in [-0.2, 0) is 13.6 Å². The molecule has 0 radical (unpaired) electrons. The Bertz CT molecular complexity index is 578. The number of ether oxygens (including phenoxy) is 2. The van der Waals surface area contributed by atoms with Gasteiger partial charge in [0.25, 0.3) is 0 Å². The Kier molecular flexibility index (Phi) is 2.68. The average Bonchev–Trinajstić information content (AvgIpc) is 2.79. The molecule has 0 amide bonds. The minimum Gasteiger partial charge on any atom is -0.486 e. The van der Waals surface area contributed by atoms with Crippen molar-refractivity contribution in [2.75, 3.05) is 13.2 Å². The largest absolute Gasteiger partial charge is 0.486 e. The summed E-state index contributed by atoms with van der Waals surface area (Å²) in [6.07, 6.45) is 1.77. The van der Waals surface area contributed by atoms with Gasteiger partial charge >= 0.3 is 0 Å². The third kappa shape index (κ3) is 1.73. The maximum Gasteiger partial charge on any atom is 0.162 e. The molecule has 5 nitrogen and oxygen atoms in total. The van der Waals surface area contributed by atoms with E-state index in [1.807, 2.05) is 29.8 Å². The Morgan fingerprint density at radius 3 is 2.83 bits per heavy atom. The summed E-state index contributed by atoms with van der Waals surface area (Å²) >= 11 is 0. The molecule has 1 aliphatic heterocycles. The van der Waals surface area contributed by atoms with Gasteiger partial charge in [0.15, 0.2) is 11.5 Å². The van der Waals surface area contributed by atoms with Gasteiger partial charge < -0.3 is 19.8 Å². The normalized spacial score (nSPS) is 13.7. The average molecular weight is 245 g/mol. The first-order chi connectivity index (χ1) is 8.79. The molecule has 0 fully saturated rings. The summed E-state index contributed by atoms with van der Waals surface area (Å²) in [5, 5.41) is 0. The zero-order chi connectivity index (χ0) is 12.5. The van der Waals surface area contributed by atoms with Crippen LogP contribution in [0.2, 0.25) is 0 Å². The SMILES string of the molecule is Cn1cnc(-c2ccc3c(c2)OCCO3)c1CN. The van der Waals surface area contributed by atoms with Crippen molar-refractivity contribution in [1.29, 1.82) is 0 Å². The second-order valence-electron chi connectivity index (χ2n) is 4.21. The zero-order valence-electron chi connectivity index (χ0n) is 10.2. The number of aromatic nitrogens is 2. The first kappa shape index (κ1) is 11.1. The van der Waals surface area contributed by atoms with Crippen molar-refractivity contribution in [3.63, 3.8) is 0 Å². The van der Waals surface area contributed by atoms with Gasteiger partial charge in [0, 0.05) is 19.2 Å². The van der Waals surface area contributed by atoms with Gasteiger partial charge in [0.1, 0.15) is 13.2 Å². The van der Waals surface area contributed by atoms with Crippen molar-refractivity contribution in [3.05, 3.63) is 30.2 Å². The molecule has 0 saturated carbocycles. The van der Waals surface area contributed by atoms with E-state index in [4.69, 9.17) is 15.2 Å². The number of fused-ring (bicyclic) bond motifs is 1. The maximum absolute atomic E-state index is 5.75. The molecule has 0 bridgehead atoms. The Balaban J connectivity index is 2.06. The Morgan fingerprint density at radius 1 is 1.28 bits per heavy atom. The lowest BCUT2D eigenvalue weighted by atomic mass is 10.1. The summed E-state index contributed by atoms with van der Waals surface area (Å²) in [5.41, 5.74) is 8.66. The van der Waals surface area contributed by atoms with E-state index in [0.29, 0.717) is 19.8 Å². The molecule has 0 atom stereocenters. The highest BCUT2D eigenvalue weighted by Crippen LogP contribution is 2.34. The number of nitrogens with two attached hydrogens (primary N) is 1. The van der Waals surface area contributed by atoms with Crippen LogP contribution in [0.25, 0.3) is 11.3 Å². The van der Waals surface area contributed by atoms with Crippen LogP contribution in [0.5, 0.6) is 11.5 Å². The van der Waals surface area contributed by atoms with Crippen molar-refractivity contribution in [1.82, 2.24) is 9.55 Å². The molecule has 2 N–H and O–H groups in total. The van der Waals surface area contributed by atoms with Crippen LogP contribution >= 0.6 is 0 Å². The summed E-state index contributed by atoms with van der Waals surface area (Å²) < 4.78 is 13.0. The molecule has 1 aromatic heterocycles. The van der Waals surface area contributed by atoms with Crippen LogP contribution in [0.15, 0.2) is 24.5 Å². The lowest BCUT2D eigenvalue weighted by Gasteiger charge is -2.18. The van der Waals surface area contributed by atoms with Crippen LogP contribution in [-0.4, -0.2) is 22.8 Å². The van der Waals surface area contributed by atoms with Crippen LogP contribution in [0.4, 0.5) is 0 Å². The molecule has 1 aliphatic rings. The number of hydrogen-bond acceptors (Lipinski definition) is 4. The molecule has 0 unspecified atom stereocenters. The van der Waals surface area contributed by atoms with Crippen LogP contribution in [0, 0.1) is 0 Å². The van der Waals surface area contributed by atoms with E-state index in [9.17, 15) is 0 Å². The smallest absolute Gasteiger partial charge is 0.162 e. The molecular formula is C13H15N3O2. The fourth-order valence-corrected chi connectivity index (χ4v) is 2.13. The number of aryl methyl sites for hydroxylation is 1. The molecule has 2 aromatic rings. The van der Waals surface area contributed by atoms with Crippen molar-refractivity contribution in [2.45, 2.75) is 6.54 Å². The standard InChI is InChI=1S/C13H15N3O2/c1-16-8-15-13(10(16)7-14)9-2-3-11-12(6-9)18-5-4-17-11/h2-3,6,8H,4-5,7,14H2,1H3. The predicted octanol–water partition coefficient (Wildman–Crippen LogP) is 1.32. The zero-order valence-corrected chi connectivity index (χ0v) is 10.2. The molecule has 5 heteroatoms. The number of imidazole rings is 1. The molecule has 3 rings (SSSR count). The highest BCUT2D eigenvalue weighted by atomic mass is 16.6. The lowest BCUT2D eigenvalue weighted by Crippen LogP contribution is -2.15. The summed E-state index contributed by atoms with van der Waals surface area (Å²) in [7, 11) is 1.94. The Labute approximate surface area is 105 Å². The lowest BCUT2D eigenvalue weighted by molar-refractivity contribution is 0.171. The van der Waals surface area contributed by atoms with Gasteiger partial charge in [-0.2, -0.15) is 0 Å². The van der Waals surface area contributed by atoms with Gasteiger partial charge in [-0.1, -0.05) is 0 Å². The molecule has 18 heavy (non-hydrogen) atoms. The minimum absolute atomic E-state index is 0.459. The van der Waals surface area contributed by atoms with E-state index in [1.165, 1.54) is 0 Å². The Morgan fingerprint density at radius 2 is 2.06 bits per heavy atom. The van der Waals surface area contributed by atoms with Gasteiger partial charge in [-0.25, -0.2) is 4.98 Å². The molecule has 0 saturated heterocycles. The van der Waals surface area contributed by atoms with Crippen LogP contribution in [0.1, 0.15) is 5.69 Å². The van der Waals surface area contributed by atoms with E-state index >= 15 is 0 Å². The van der Waals surface area contributed by atoms with Crippen molar-refractivity contribution in [3.8, 4) is 22.8 Å². The van der Waals surface area contributed by atoms with Crippen LogP contribution in [0.3, 0.4) is 0 Å². The van der Waals surface area contributed by atoms with Crippen molar-refractivity contribution in [2.24, 2.45) is 12.8 Å². The topological polar surface area (TPSA) is 62.3 Å². The quantitative estimate of drug-likeness (QED) is 0.866.